The zero-order valence-electron chi connectivity index (χ0n) is 11.0. The zero-order chi connectivity index (χ0) is 12.5. The molecule has 1 amide bonds. The molecule has 1 unspecified atom stereocenters. The normalized spacial score (nSPS) is 19.6. The Kier molecular flexibility index (Phi) is 7.16. The maximum absolute atomic E-state index is 11.7. The number of hydrogen-bond donors (Lipinski definition) is 2. The lowest BCUT2D eigenvalue weighted by Gasteiger charge is -2.19. The largest absolute Gasteiger partial charge is 0.377 e. The topological polar surface area (TPSA) is 53.6 Å². The van der Waals surface area contributed by atoms with Gasteiger partial charge in [-0.05, 0) is 33.4 Å². The minimum Gasteiger partial charge on any atom is -0.377 e. The van der Waals surface area contributed by atoms with Gasteiger partial charge >= 0.3 is 0 Å². The Bertz CT molecular complexity index is 216. The summed E-state index contributed by atoms with van der Waals surface area (Å²) in [6.07, 6.45) is 1.21. The van der Waals surface area contributed by atoms with Gasteiger partial charge in [-0.1, -0.05) is 0 Å². The number of nitrogens with one attached hydrogen (secondary N) is 2. The Morgan fingerprint density at radius 2 is 2.29 bits per heavy atom. The summed E-state index contributed by atoms with van der Waals surface area (Å²) < 4.78 is 5.36. The van der Waals surface area contributed by atoms with Gasteiger partial charge in [0.25, 0.3) is 0 Å². The molecule has 0 aromatic heterocycles. The van der Waals surface area contributed by atoms with Gasteiger partial charge in [0.05, 0.1) is 12.6 Å². The van der Waals surface area contributed by atoms with Gasteiger partial charge in [0.15, 0.2) is 0 Å². The number of carbonyl (C=O) groups is 1. The molecule has 0 aromatic carbocycles. The fraction of sp³-hybridized carbons (Fsp3) is 0.917. The Morgan fingerprint density at radius 1 is 1.47 bits per heavy atom. The first-order valence-corrected chi connectivity index (χ1v) is 6.53. The van der Waals surface area contributed by atoms with Gasteiger partial charge in [0, 0.05) is 26.2 Å². The van der Waals surface area contributed by atoms with Crippen molar-refractivity contribution in [3.63, 3.8) is 0 Å². The molecule has 1 aliphatic rings. The van der Waals surface area contributed by atoms with E-state index in [1.165, 1.54) is 0 Å². The zero-order valence-corrected chi connectivity index (χ0v) is 11.0. The highest BCUT2D eigenvalue weighted by molar-refractivity contribution is 5.78. The average Bonchev–Trinajstić information content (AvgIpc) is 2.55. The van der Waals surface area contributed by atoms with Crippen LogP contribution >= 0.6 is 0 Å². The molecule has 0 aromatic rings. The molecular formula is C12H25N3O2. The predicted octanol–water partition coefficient (Wildman–Crippen LogP) is -0.177. The summed E-state index contributed by atoms with van der Waals surface area (Å²) in [4.78, 5) is 13.9. The molecule has 17 heavy (non-hydrogen) atoms. The van der Waals surface area contributed by atoms with Crippen LogP contribution in [0.1, 0.15) is 20.3 Å². The van der Waals surface area contributed by atoms with E-state index in [2.05, 4.69) is 15.5 Å². The third-order valence-corrected chi connectivity index (χ3v) is 2.84. The van der Waals surface area contributed by atoms with Crippen LogP contribution in [0.25, 0.3) is 0 Å². The van der Waals surface area contributed by atoms with Gasteiger partial charge in [0.2, 0.25) is 5.91 Å². The first kappa shape index (κ1) is 14.4. The van der Waals surface area contributed by atoms with E-state index >= 15 is 0 Å². The summed E-state index contributed by atoms with van der Waals surface area (Å²) in [5, 5.41) is 6.23. The third kappa shape index (κ3) is 6.61. The summed E-state index contributed by atoms with van der Waals surface area (Å²) in [6.45, 7) is 9.70. The number of ether oxygens (including phenoxy) is 1. The van der Waals surface area contributed by atoms with E-state index in [1.807, 2.05) is 13.8 Å². The second kappa shape index (κ2) is 8.44. The predicted molar refractivity (Wildman–Crippen MR) is 68.0 cm³/mol. The first-order chi connectivity index (χ1) is 8.22. The quantitative estimate of drug-likeness (QED) is 0.680. The molecule has 1 fully saturated rings. The molecule has 5 nitrogen and oxygen atoms in total. The van der Waals surface area contributed by atoms with Crippen molar-refractivity contribution in [2.75, 3.05) is 45.9 Å². The fourth-order valence-electron chi connectivity index (χ4n) is 1.92. The van der Waals surface area contributed by atoms with Crippen LogP contribution in [-0.2, 0) is 9.53 Å². The number of amides is 1. The van der Waals surface area contributed by atoms with Gasteiger partial charge in [-0.3, -0.25) is 9.69 Å². The average molecular weight is 243 g/mol. The number of hydrogen-bond acceptors (Lipinski definition) is 4. The van der Waals surface area contributed by atoms with E-state index < -0.39 is 0 Å². The Labute approximate surface area is 104 Å². The summed E-state index contributed by atoms with van der Waals surface area (Å²) >= 11 is 0. The summed E-state index contributed by atoms with van der Waals surface area (Å²) in [5.41, 5.74) is 0. The van der Waals surface area contributed by atoms with Crippen LogP contribution in [0, 0.1) is 0 Å². The minimum atomic E-state index is 0.0924. The molecule has 0 spiro atoms. The van der Waals surface area contributed by atoms with Crippen molar-refractivity contribution in [2.45, 2.75) is 26.4 Å². The summed E-state index contributed by atoms with van der Waals surface area (Å²) in [5.74, 6) is 0.0958. The molecule has 0 radical (unpaired) electrons. The van der Waals surface area contributed by atoms with Crippen LogP contribution < -0.4 is 10.6 Å². The molecule has 1 aliphatic heterocycles. The lowest BCUT2D eigenvalue weighted by atomic mass is 10.3. The smallest absolute Gasteiger partial charge is 0.234 e. The number of rotatable bonds is 6. The molecular weight excluding hydrogens is 218 g/mol. The maximum atomic E-state index is 11.7. The van der Waals surface area contributed by atoms with Gasteiger partial charge < -0.3 is 15.4 Å². The van der Waals surface area contributed by atoms with Crippen molar-refractivity contribution in [1.82, 2.24) is 15.5 Å². The van der Waals surface area contributed by atoms with Crippen LogP contribution in [0.5, 0.6) is 0 Å². The van der Waals surface area contributed by atoms with Crippen molar-refractivity contribution in [1.29, 1.82) is 0 Å². The molecule has 1 rings (SSSR count). The molecule has 0 bridgehead atoms. The van der Waals surface area contributed by atoms with Crippen molar-refractivity contribution in [2.24, 2.45) is 0 Å². The number of carbonyl (C=O) groups excluding carboxylic acids is 1. The van der Waals surface area contributed by atoms with Gasteiger partial charge in [-0.15, -0.1) is 0 Å². The molecule has 0 saturated carbocycles. The third-order valence-electron chi connectivity index (χ3n) is 2.84. The Hall–Kier alpha value is -0.650. The van der Waals surface area contributed by atoms with E-state index in [0.29, 0.717) is 19.7 Å². The lowest BCUT2D eigenvalue weighted by molar-refractivity contribution is -0.122. The van der Waals surface area contributed by atoms with Crippen LogP contribution in [-0.4, -0.2) is 62.8 Å². The van der Waals surface area contributed by atoms with E-state index in [-0.39, 0.29) is 12.0 Å². The second-order valence-corrected chi connectivity index (χ2v) is 4.45. The summed E-state index contributed by atoms with van der Waals surface area (Å²) in [7, 11) is 0. The second-order valence-electron chi connectivity index (χ2n) is 4.45. The van der Waals surface area contributed by atoms with Crippen molar-refractivity contribution in [3.8, 4) is 0 Å². The Morgan fingerprint density at radius 3 is 3.06 bits per heavy atom. The molecule has 0 aliphatic carbocycles. The van der Waals surface area contributed by atoms with Crippen molar-refractivity contribution in [3.05, 3.63) is 0 Å². The van der Waals surface area contributed by atoms with Crippen molar-refractivity contribution < 1.29 is 9.53 Å². The lowest BCUT2D eigenvalue weighted by Crippen LogP contribution is -2.41. The van der Waals surface area contributed by atoms with Crippen LogP contribution in [0.4, 0.5) is 0 Å². The van der Waals surface area contributed by atoms with E-state index in [0.717, 1.165) is 32.6 Å². The van der Waals surface area contributed by atoms with E-state index in [4.69, 9.17) is 4.74 Å². The van der Waals surface area contributed by atoms with Crippen molar-refractivity contribution >= 4 is 5.91 Å². The SMILES string of the molecule is CCOC(C)CNC(=O)CN1CCCNCC1. The molecule has 1 heterocycles. The van der Waals surface area contributed by atoms with Gasteiger partial charge in [0.1, 0.15) is 0 Å². The summed E-state index contributed by atoms with van der Waals surface area (Å²) in [6, 6.07) is 0. The van der Waals surface area contributed by atoms with Crippen LogP contribution in [0.15, 0.2) is 0 Å². The molecule has 1 atom stereocenters. The monoisotopic (exact) mass is 243 g/mol. The maximum Gasteiger partial charge on any atom is 0.234 e. The van der Waals surface area contributed by atoms with Gasteiger partial charge in [-0.25, -0.2) is 0 Å². The van der Waals surface area contributed by atoms with E-state index in [9.17, 15) is 4.79 Å². The standard InChI is InChI=1S/C12H25N3O2/c1-3-17-11(2)9-14-12(16)10-15-7-4-5-13-6-8-15/h11,13H,3-10H2,1-2H3,(H,14,16). The van der Waals surface area contributed by atoms with E-state index in [1.54, 1.807) is 0 Å². The minimum absolute atomic E-state index is 0.0924. The fourth-order valence-corrected chi connectivity index (χ4v) is 1.92. The number of nitrogens with zero attached hydrogens (tertiary/aromatic N) is 1. The van der Waals surface area contributed by atoms with Crippen LogP contribution in [0.2, 0.25) is 0 Å². The highest BCUT2D eigenvalue weighted by atomic mass is 16.5. The van der Waals surface area contributed by atoms with Crippen LogP contribution in [0.3, 0.4) is 0 Å². The van der Waals surface area contributed by atoms with Gasteiger partial charge in [-0.2, -0.15) is 0 Å². The molecule has 1 saturated heterocycles. The molecule has 100 valence electrons. The molecule has 5 heteroatoms. The highest BCUT2D eigenvalue weighted by Crippen LogP contribution is 1.95. The molecule has 2 N–H and O–H groups in total. The highest BCUT2D eigenvalue weighted by Gasteiger charge is 2.12. The first-order valence-electron chi connectivity index (χ1n) is 6.53. The Balaban J connectivity index is 2.14.